The van der Waals surface area contributed by atoms with E-state index in [0.29, 0.717) is 0 Å². The molecule has 2 nitrogen and oxygen atoms in total. The van der Waals surface area contributed by atoms with Gasteiger partial charge in [0.1, 0.15) is 6.23 Å². The number of benzene rings is 1. The molecule has 4 atom stereocenters. The van der Waals surface area contributed by atoms with Crippen LogP contribution in [0.15, 0.2) is 36.4 Å². The Kier molecular flexibility index (Phi) is 4.31. The molecule has 2 aliphatic heterocycles. The predicted octanol–water partition coefficient (Wildman–Crippen LogP) is 4.33. The van der Waals surface area contributed by atoms with Gasteiger partial charge in [-0.3, -0.25) is 4.90 Å². The number of piperidine rings is 1. The van der Waals surface area contributed by atoms with Crippen LogP contribution in [0.25, 0.3) is 6.08 Å². The Morgan fingerprint density at radius 3 is 2.68 bits per heavy atom. The van der Waals surface area contributed by atoms with Crippen LogP contribution in [0.2, 0.25) is 0 Å². The normalized spacial score (nSPS) is 36.0. The second kappa shape index (κ2) is 6.55. The van der Waals surface area contributed by atoms with Crippen molar-refractivity contribution in [3.05, 3.63) is 42.0 Å². The molecule has 0 aromatic heterocycles. The third-order valence-electron chi connectivity index (χ3n) is 5.88. The van der Waals surface area contributed by atoms with E-state index in [-0.39, 0.29) is 6.23 Å². The molecule has 1 aromatic rings. The summed E-state index contributed by atoms with van der Waals surface area (Å²) in [5.74, 6) is 1.91. The minimum atomic E-state index is 0.182. The van der Waals surface area contributed by atoms with Crippen LogP contribution >= 0.6 is 0 Å². The van der Waals surface area contributed by atoms with Gasteiger partial charge >= 0.3 is 0 Å². The third-order valence-corrected chi connectivity index (χ3v) is 5.88. The number of ether oxygens (including phenoxy) is 1. The molecule has 0 spiro atoms. The smallest absolute Gasteiger partial charge is 0.130 e. The minimum absolute atomic E-state index is 0.182. The largest absolute Gasteiger partial charge is 0.359 e. The van der Waals surface area contributed by atoms with Crippen LogP contribution < -0.4 is 0 Å². The summed E-state index contributed by atoms with van der Waals surface area (Å²) in [6.45, 7) is 2.17. The van der Waals surface area contributed by atoms with E-state index >= 15 is 0 Å². The summed E-state index contributed by atoms with van der Waals surface area (Å²) in [5.41, 5.74) is 1.26. The molecule has 2 heteroatoms. The summed E-state index contributed by atoms with van der Waals surface area (Å²) in [6, 6.07) is 11.3. The summed E-state index contributed by atoms with van der Waals surface area (Å²) in [6.07, 6.45) is 13.1. The standard InChI is InChI=1S/C20H27NO/c1-2-6-16(7-3-1)10-11-20-21-15-18-9-5-4-8-17(18)14-19(21)12-13-22-20/h1-3,6-7,10-11,17-20H,4-5,8-9,12-15H2/b11-10+. The van der Waals surface area contributed by atoms with Crippen molar-refractivity contribution < 1.29 is 4.74 Å². The van der Waals surface area contributed by atoms with Crippen LogP contribution in [0.1, 0.15) is 44.1 Å². The summed E-state index contributed by atoms with van der Waals surface area (Å²) in [7, 11) is 0. The fourth-order valence-corrected chi connectivity index (χ4v) is 4.68. The van der Waals surface area contributed by atoms with Gasteiger partial charge in [0.15, 0.2) is 0 Å². The van der Waals surface area contributed by atoms with E-state index in [4.69, 9.17) is 4.74 Å². The highest BCUT2D eigenvalue weighted by Crippen LogP contribution is 2.41. The lowest BCUT2D eigenvalue weighted by atomic mass is 9.72. The lowest BCUT2D eigenvalue weighted by Gasteiger charge is -2.50. The molecule has 1 aromatic carbocycles. The second-order valence-corrected chi connectivity index (χ2v) is 7.21. The number of hydrogen-bond acceptors (Lipinski definition) is 2. The maximum absolute atomic E-state index is 6.09. The maximum Gasteiger partial charge on any atom is 0.130 e. The highest BCUT2D eigenvalue weighted by molar-refractivity contribution is 5.49. The van der Waals surface area contributed by atoms with E-state index in [1.54, 1.807) is 0 Å². The zero-order valence-electron chi connectivity index (χ0n) is 13.4. The number of hydrogen-bond donors (Lipinski definition) is 0. The van der Waals surface area contributed by atoms with Crippen molar-refractivity contribution in [1.82, 2.24) is 4.90 Å². The van der Waals surface area contributed by atoms with Crippen molar-refractivity contribution in [2.45, 2.75) is 50.8 Å². The Hall–Kier alpha value is -1.12. The predicted molar refractivity (Wildman–Crippen MR) is 90.4 cm³/mol. The van der Waals surface area contributed by atoms with E-state index in [2.05, 4.69) is 47.4 Å². The van der Waals surface area contributed by atoms with Gasteiger partial charge in [-0.15, -0.1) is 0 Å². The molecular weight excluding hydrogens is 270 g/mol. The summed E-state index contributed by atoms with van der Waals surface area (Å²) in [5, 5.41) is 0. The summed E-state index contributed by atoms with van der Waals surface area (Å²) in [4.78, 5) is 2.65. The van der Waals surface area contributed by atoms with Crippen LogP contribution in [0.3, 0.4) is 0 Å². The van der Waals surface area contributed by atoms with Gasteiger partial charge in [-0.1, -0.05) is 55.7 Å². The van der Waals surface area contributed by atoms with Gasteiger partial charge in [0.05, 0.1) is 6.61 Å². The topological polar surface area (TPSA) is 12.5 Å². The Bertz CT molecular complexity index is 512. The average Bonchev–Trinajstić information content (AvgIpc) is 2.59. The molecule has 0 N–H and O–H groups in total. The fraction of sp³-hybridized carbons (Fsp3) is 0.600. The first-order chi connectivity index (χ1) is 10.9. The molecule has 1 saturated carbocycles. The molecule has 0 amide bonds. The van der Waals surface area contributed by atoms with Gasteiger partial charge in [0.25, 0.3) is 0 Å². The molecule has 1 aliphatic carbocycles. The summed E-state index contributed by atoms with van der Waals surface area (Å²) >= 11 is 0. The molecule has 118 valence electrons. The van der Waals surface area contributed by atoms with Crippen LogP contribution in [0.4, 0.5) is 0 Å². The van der Waals surface area contributed by atoms with E-state index < -0.39 is 0 Å². The Balaban J connectivity index is 1.47. The lowest BCUT2D eigenvalue weighted by molar-refractivity contribution is -0.130. The van der Waals surface area contributed by atoms with E-state index in [0.717, 1.165) is 24.5 Å². The Morgan fingerprint density at radius 2 is 1.82 bits per heavy atom. The highest BCUT2D eigenvalue weighted by atomic mass is 16.5. The van der Waals surface area contributed by atoms with Gasteiger partial charge < -0.3 is 4.74 Å². The molecule has 3 aliphatic rings. The zero-order chi connectivity index (χ0) is 14.8. The van der Waals surface area contributed by atoms with Gasteiger partial charge in [-0.05, 0) is 42.7 Å². The highest BCUT2D eigenvalue weighted by Gasteiger charge is 2.40. The van der Waals surface area contributed by atoms with E-state index in [1.807, 2.05) is 0 Å². The molecule has 0 radical (unpaired) electrons. The fourth-order valence-electron chi connectivity index (χ4n) is 4.68. The van der Waals surface area contributed by atoms with Crippen LogP contribution in [-0.4, -0.2) is 30.3 Å². The molecule has 22 heavy (non-hydrogen) atoms. The Morgan fingerprint density at radius 1 is 1.00 bits per heavy atom. The zero-order valence-corrected chi connectivity index (χ0v) is 13.4. The van der Waals surface area contributed by atoms with E-state index in [9.17, 15) is 0 Å². The van der Waals surface area contributed by atoms with Crippen molar-refractivity contribution in [3.63, 3.8) is 0 Å². The molecule has 4 unspecified atom stereocenters. The molecule has 2 saturated heterocycles. The number of nitrogens with zero attached hydrogens (tertiary/aromatic N) is 1. The quantitative estimate of drug-likeness (QED) is 0.805. The average molecular weight is 297 g/mol. The second-order valence-electron chi connectivity index (χ2n) is 7.21. The van der Waals surface area contributed by atoms with Gasteiger partial charge in [-0.2, -0.15) is 0 Å². The number of rotatable bonds is 2. The summed E-state index contributed by atoms with van der Waals surface area (Å²) < 4.78 is 6.09. The van der Waals surface area contributed by atoms with Crippen molar-refractivity contribution in [2.75, 3.05) is 13.2 Å². The van der Waals surface area contributed by atoms with Gasteiger partial charge in [0, 0.05) is 12.6 Å². The third kappa shape index (κ3) is 3.00. The molecule has 3 fully saturated rings. The van der Waals surface area contributed by atoms with Gasteiger partial charge in [0.2, 0.25) is 0 Å². The minimum Gasteiger partial charge on any atom is -0.359 e. The Labute approximate surface area is 134 Å². The first-order valence-corrected chi connectivity index (χ1v) is 9.01. The van der Waals surface area contributed by atoms with Crippen LogP contribution in [0.5, 0.6) is 0 Å². The lowest BCUT2D eigenvalue weighted by Crippen LogP contribution is -2.55. The first-order valence-electron chi connectivity index (χ1n) is 9.01. The number of fused-ring (bicyclic) bond motifs is 2. The maximum atomic E-state index is 6.09. The SMILES string of the molecule is C(=C\C1OCCC2CC3CCCCC3CN21)/c1ccccc1. The van der Waals surface area contributed by atoms with Crippen molar-refractivity contribution >= 4 is 6.08 Å². The molecule has 4 rings (SSSR count). The first kappa shape index (κ1) is 14.5. The molecular formula is C20H27NO. The van der Waals surface area contributed by atoms with Gasteiger partial charge in [-0.25, -0.2) is 0 Å². The van der Waals surface area contributed by atoms with E-state index in [1.165, 1.54) is 50.6 Å². The molecule has 2 heterocycles. The van der Waals surface area contributed by atoms with Crippen molar-refractivity contribution in [2.24, 2.45) is 11.8 Å². The van der Waals surface area contributed by atoms with Crippen LogP contribution in [-0.2, 0) is 4.74 Å². The van der Waals surface area contributed by atoms with Crippen LogP contribution in [0, 0.1) is 11.8 Å². The van der Waals surface area contributed by atoms with Crippen molar-refractivity contribution in [3.8, 4) is 0 Å². The van der Waals surface area contributed by atoms with Crippen molar-refractivity contribution in [1.29, 1.82) is 0 Å². The monoisotopic (exact) mass is 297 g/mol. The molecule has 0 bridgehead atoms.